The van der Waals surface area contributed by atoms with Gasteiger partial charge < -0.3 is 14.6 Å². The number of nitrogens with one attached hydrogen (secondary N) is 1. The third kappa shape index (κ3) is 4.33. The fraction of sp³-hybridized carbons (Fsp3) is 0.190. The van der Waals surface area contributed by atoms with Gasteiger partial charge in [-0.15, -0.1) is 0 Å². The van der Waals surface area contributed by atoms with E-state index >= 15 is 0 Å². The number of nitrogens with zero attached hydrogens (tertiary/aromatic N) is 2. The van der Waals surface area contributed by atoms with E-state index in [9.17, 15) is 9.59 Å². The molecule has 0 radical (unpaired) electrons. The lowest BCUT2D eigenvalue weighted by Gasteiger charge is -2.12. The van der Waals surface area contributed by atoms with Crippen molar-refractivity contribution in [3.63, 3.8) is 0 Å². The Kier molecular flexibility index (Phi) is 5.53. The van der Waals surface area contributed by atoms with Crippen molar-refractivity contribution in [2.24, 2.45) is 0 Å². The normalized spacial score (nSPS) is 10.4. The minimum Gasteiger partial charge on any atom is -0.492 e. The van der Waals surface area contributed by atoms with Crippen LogP contribution in [0.1, 0.15) is 11.1 Å². The van der Waals surface area contributed by atoms with Gasteiger partial charge in [-0.1, -0.05) is 24.3 Å². The number of rotatable bonds is 6. The van der Waals surface area contributed by atoms with Crippen LogP contribution in [-0.2, 0) is 11.3 Å². The molecule has 1 N–H and O–H groups in total. The molecule has 27 heavy (non-hydrogen) atoms. The van der Waals surface area contributed by atoms with Gasteiger partial charge in [-0.25, -0.2) is 0 Å². The van der Waals surface area contributed by atoms with Gasteiger partial charge in [0.15, 0.2) is 0 Å². The molecule has 0 saturated carbocycles. The molecule has 0 aliphatic heterocycles. The fourth-order valence-electron chi connectivity index (χ4n) is 2.83. The van der Waals surface area contributed by atoms with Gasteiger partial charge in [0.05, 0.1) is 12.1 Å². The zero-order chi connectivity index (χ0) is 19.2. The molecule has 1 amide bonds. The Hall–Kier alpha value is -3.59. The van der Waals surface area contributed by atoms with Crippen LogP contribution in [0.2, 0.25) is 0 Å². The van der Waals surface area contributed by atoms with Crippen LogP contribution in [0, 0.1) is 18.3 Å². The number of benzene rings is 2. The Labute approximate surface area is 156 Å². The maximum Gasteiger partial charge on any atom is 0.240 e. The van der Waals surface area contributed by atoms with Gasteiger partial charge in [0.1, 0.15) is 30.5 Å². The van der Waals surface area contributed by atoms with Crippen molar-refractivity contribution in [1.29, 1.82) is 5.26 Å². The highest BCUT2D eigenvalue weighted by Gasteiger charge is 2.10. The molecule has 6 heteroatoms. The summed E-state index contributed by atoms with van der Waals surface area (Å²) in [7, 11) is 0. The van der Waals surface area contributed by atoms with Crippen molar-refractivity contribution in [2.45, 2.75) is 13.5 Å². The van der Waals surface area contributed by atoms with Crippen LogP contribution >= 0.6 is 0 Å². The molecule has 136 valence electrons. The van der Waals surface area contributed by atoms with Gasteiger partial charge in [0.2, 0.25) is 11.3 Å². The van der Waals surface area contributed by atoms with E-state index in [0.29, 0.717) is 24.1 Å². The molecule has 0 saturated heterocycles. The summed E-state index contributed by atoms with van der Waals surface area (Å²) in [6.45, 7) is 2.71. The van der Waals surface area contributed by atoms with Crippen molar-refractivity contribution < 1.29 is 9.53 Å². The average molecular weight is 361 g/mol. The summed E-state index contributed by atoms with van der Waals surface area (Å²) in [6, 6.07) is 16.5. The van der Waals surface area contributed by atoms with Gasteiger partial charge in [-0.3, -0.25) is 9.59 Å². The first-order valence-corrected chi connectivity index (χ1v) is 8.57. The van der Waals surface area contributed by atoms with Gasteiger partial charge in [-0.2, -0.15) is 5.26 Å². The second kappa shape index (κ2) is 8.19. The lowest BCUT2D eigenvalue weighted by molar-refractivity contribution is -0.121. The van der Waals surface area contributed by atoms with E-state index in [1.54, 1.807) is 28.8 Å². The number of ether oxygens (including phenoxy) is 1. The van der Waals surface area contributed by atoms with Crippen molar-refractivity contribution in [3.05, 3.63) is 76.1 Å². The lowest BCUT2D eigenvalue weighted by Crippen LogP contribution is -2.31. The highest BCUT2D eigenvalue weighted by molar-refractivity contribution is 5.83. The first-order chi connectivity index (χ1) is 13.1. The predicted molar refractivity (Wildman–Crippen MR) is 103 cm³/mol. The molecule has 6 nitrogen and oxygen atoms in total. The summed E-state index contributed by atoms with van der Waals surface area (Å²) in [5.41, 5.74) is 1.42. The minimum atomic E-state index is -0.323. The van der Waals surface area contributed by atoms with Crippen LogP contribution in [0.25, 0.3) is 10.9 Å². The Morgan fingerprint density at radius 1 is 1.22 bits per heavy atom. The van der Waals surface area contributed by atoms with E-state index in [1.165, 1.54) is 6.20 Å². The molecule has 0 unspecified atom stereocenters. The summed E-state index contributed by atoms with van der Waals surface area (Å²) in [6.07, 6.45) is 1.42. The third-order valence-electron chi connectivity index (χ3n) is 4.10. The zero-order valence-corrected chi connectivity index (χ0v) is 14.9. The monoisotopic (exact) mass is 361 g/mol. The van der Waals surface area contributed by atoms with Crippen LogP contribution < -0.4 is 15.5 Å². The SMILES string of the molecule is Cc1cccc(OCCNC(=O)Cn2cc(C#N)c(=O)c3ccccc32)c1. The van der Waals surface area contributed by atoms with Crippen LogP contribution in [0.15, 0.2) is 59.5 Å². The molecule has 0 aliphatic rings. The maximum atomic E-state index is 12.3. The van der Waals surface area contributed by atoms with Gasteiger partial charge in [0, 0.05) is 11.6 Å². The quantitative estimate of drug-likeness (QED) is 0.683. The van der Waals surface area contributed by atoms with Crippen molar-refractivity contribution in [3.8, 4) is 11.8 Å². The number of pyridine rings is 1. The molecule has 3 rings (SSSR count). The average Bonchev–Trinajstić information content (AvgIpc) is 2.67. The fourth-order valence-corrected chi connectivity index (χ4v) is 2.83. The maximum absolute atomic E-state index is 12.3. The Morgan fingerprint density at radius 2 is 2.04 bits per heavy atom. The highest BCUT2D eigenvalue weighted by atomic mass is 16.5. The minimum absolute atomic E-state index is 0.0138. The molecular formula is C21H19N3O3. The Bertz CT molecular complexity index is 1080. The number of hydrogen-bond acceptors (Lipinski definition) is 4. The molecule has 0 atom stereocenters. The number of para-hydroxylation sites is 1. The van der Waals surface area contributed by atoms with Crippen LogP contribution in [0.4, 0.5) is 0 Å². The number of carbonyl (C=O) groups is 1. The van der Waals surface area contributed by atoms with Crippen LogP contribution in [0.5, 0.6) is 5.75 Å². The highest BCUT2D eigenvalue weighted by Crippen LogP contribution is 2.12. The molecule has 2 aromatic carbocycles. The van der Waals surface area contributed by atoms with Gasteiger partial charge >= 0.3 is 0 Å². The lowest BCUT2D eigenvalue weighted by atomic mass is 10.1. The summed E-state index contributed by atoms with van der Waals surface area (Å²) in [5, 5.41) is 12.4. The summed E-state index contributed by atoms with van der Waals surface area (Å²) >= 11 is 0. The molecule has 1 heterocycles. The number of aromatic nitrogens is 1. The summed E-state index contributed by atoms with van der Waals surface area (Å²) in [4.78, 5) is 24.5. The molecular weight excluding hydrogens is 342 g/mol. The van der Waals surface area contributed by atoms with E-state index < -0.39 is 0 Å². The summed E-state index contributed by atoms with van der Waals surface area (Å²) < 4.78 is 7.22. The first-order valence-electron chi connectivity index (χ1n) is 8.57. The molecule has 0 fully saturated rings. The number of carbonyl (C=O) groups excluding carboxylic acids is 1. The second-order valence-electron chi connectivity index (χ2n) is 6.14. The van der Waals surface area contributed by atoms with Crippen molar-refractivity contribution in [1.82, 2.24) is 9.88 Å². The molecule has 1 aromatic heterocycles. The molecule has 3 aromatic rings. The summed E-state index contributed by atoms with van der Waals surface area (Å²) in [5.74, 6) is 0.537. The smallest absolute Gasteiger partial charge is 0.240 e. The van der Waals surface area contributed by atoms with Crippen LogP contribution in [-0.4, -0.2) is 23.6 Å². The number of aryl methyl sites for hydroxylation is 1. The van der Waals surface area contributed by atoms with E-state index in [2.05, 4.69) is 5.32 Å². The van der Waals surface area contributed by atoms with E-state index in [4.69, 9.17) is 10.00 Å². The topological polar surface area (TPSA) is 84.1 Å². The van der Waals surface area contributed by atoms with Crippen molar-refractivity contribution >= 4 is 16.8 Å². The van der Waals surface area contributed by atoms with Gasteiger partial charge in [0.25, 0.3) is 0 Å². The Morgan fingerprint density at radius 3 is 2.81 bits per heavy atom. The zero-order valence-electron chi connectivity index (χ0n) is 14.9. The number of hydrogen-bond donors (Lipinski definition) is 1. The van der Waals surface area contributed by atoms with Crippen molar-refractivity contribution in [2.75, 3.05) is 13.2 Å². The molecule has 0 aliphatic carbocycles. The second-order valence-corrected chi connectivity index (χ2v) is 6.14. The van der Waals surface area contributed by atoms with Gasteiger partial charge in [-0.05, 0) is 36.8 Å². The number of fused-ring (bicyclic) bond motifs is 1. The van der Waals surface area contributed by atoms with Crippen LogP contribution in [0.3, 0.4) is 0 Å². The molecule has 0 spiro atoms. The largest absolute Gasteiger partial charge is 0.492 e. The van der Waals surface area contributed by atoms with E-state index in [-0.39, 0.29) is 23.4 Å². The third-order valence-corrected chi connectivity index (χ3v) is 4.10. The van der Waals surface area contributed by atoms with E-state index in [1.807, 2.05) is 37.3 Å². The predicted octanol–water partition coefficient (Wildman–Crippen LogP) is 2.38. The molecule has 0 bridgehead atoms. The standard InChI is InChI=1S/C21H19N3O3/c1-15-5-4-6-17(11-15)27-10-9-23-20(25)14-24-13-16(12-22)21(26)18-7-2-3-8-19(18)24/h2-8,11,13H,9-10,14H2,1H3,(H,23,25). The number of amides is 1. The Balaban J connectivity index is 1.63. The van der Waals surface area contributed by atoms with E-state index in [0.717, 1.165) is 11.3 Å². The first kappa shape index (κ1) is 18.2. The number of nitriles is 1.